The van der Waals surface area contributed by atoms with Gasteiger partial charge in [-0.15, -0.1) is 11.8 Å². The third-order valence-electron chi connectivity index (χ3n) is 2.60. The molecule has 0 heterocycles. The van der Waals surface area contributed by atoms with Crippen LogP contribution in [0.2, 0.25) is 0 Å². The van der Waals surface area contributed by atoms with Crippen LogP contribution in [0.1, 0.15) is 38.8 Å². The minimum Gasteiger partial charge on any atom is -0.481 e. The molecule has 4 nitrogen and oxygen atoms in total. The van der Waals surface area contributed by atoms with Gasteiger partial charge in [-0.05, 0) is 17.7 Å². The fraction of sp³-hybridized carbons (Fsp3) is 0.467. The Labute approximate surface area is 137 Å². The van der Waals surface area contributed by atoms with Crippen molar-refractivity contribution < 1.29 is 14.7 Å². The molecule has 0 saturated heterocycles. The maximum Gasteiger partial charge on any atom is 0.305 e. The van der Waals surface area contributed by atoms with Crippen molar-refractivity contribution in [3.8, 4) is 0 Å². The quantitative estimate of drug-likeness (QED) is 0.798. The summed E-state index contributed by atoms with van der Waals surface area (Å²) in [4.78, 5) is 23.0. The van der Waals surface area contributed by atoms with Gasteiger partial charge in [0.05, 0.1) is 18.2 Å². The van der Waals surface area contributed by atoms with Crippen LogP contribution in [0, 0.1) is 0 Å². The SMILES string of the molecule is CC(C)(C)SCC(=O)NC(CC(=O)O)c1cccc(Br)c1. The summed E-state index contributed by atoms with van der Waals surface area (Å²) in [5.41, 5.74) is 0.779. The molecular formula is C15H20BrNO3S. The van der Waals surface area contributed by atoms with Gasteiger partial charge in [0.15, 0.2) is 0 Å². The topological polar surface area (TPSA) is 66.4 Å². The first-order chi connectivity index (χ1) is 9.67. The van der Waals surface area contributed by atoms with E-state index in [2.05, 4.69) is 21.2 Å². The molecule has 1 rings (SSSR count). The number of halogens is 1. The van der Waals surface area contributed by atoms with Crippen LogP contribution in [0.4, 0.5) is 0 Å². The van der Waals surface area contributed by atoms with Crippen molar-refractivity contribution in [2.45, 2.75) is 38.0 Å². The Morgan fingerprint density at radius 3 is 2.57 bits per heavy atom. The maximum atomic E-state index is 12.0. The second kappa shape index (κ2) is 7.84. The largest absolute Gasteiger partial charge is 0.481 e. The number of hydrogen-bond acceptors (Lipinski definition) is 3. The molecule has 0 fully saturated rings. The zero-order valence-electron chi connectivity index (χ0n) is 12.4. The Morgan fingerprint density at radius 2 is 2.05 bits per heavy atom. The number of carboxylic acid groups (broad SMARTS) is 1. The molecule has 6 heteroatoms. The van der Waals surface area contributed by atoms with Gasteiger partial charge >= 0.3 is 5.97 Å². The van der Waals surface area contributed by atoms with Crippen molar-refractivity contribution in [3.63, 3.8) is 0 Å². The summed E-state index contributed by atoms with van der Waals surface area (Å²) >= 11 is 4.89. The van der Waals surface area contributed by atoms with Crippen LogP contribution < -0.4 is 5.32 Å². The van der Waals surface area contributed by atoms with E-state index >= 15 is 0 Å². The molecule has 0 saturated carbocycles. The lowest BCUT2D eigenvalue weighted by atomic mass is 10.0. The highest BCUT2D eigenvalue weighted by Crippen LogP contribution is 2.24. The predicted octanol–water partition coefficient (Wildman–Crippen LogP) is 3.61. The zero-order valence-corrected chi connectivity index (χ0v) is 14.8. The number of amides is 1. The highest BCUT2D eigenvalue weighted by atomic mass is 79.9. The number of aliphatic carboxylic acids is 1. The van der Waals surface area contributed by atoms with Crippen molar-refractivity contribution in [3.05, 3.63) is 34.3 Å². The van der Waals surface area contributed by atoms with Crippen LogP contribution in [0.5, 0.6) is 0 Å². The number of carbonyl (C=O) groups is 2. The highest BCUT2D eigenvalue weighted by Gasteiger charge is 2.20. The van der Waals surface area contributed by atoms with Crippen molar-refractivity contribution in [2.75, 3.05) is 5.75 Å². The fourth-order valence-corrected chi connectivity index (χ4v) is 2.73. The van der Waals surface area contributed by atoms with Crippen LogP contribution in [-0.4, -0.2) is 27.5 Å². The van der Waals surface area contributed by atoms with E-state index in [0.717, 1.165) is 10.0 Å². The first-order valence-electron chi connectivity index (χ1n) is 6.58. The smallest absolute Gasteiger partial charge is 0.305 e. The maximum absolute atomic E-state index is 12.0. The second-order valence-electron chi connectivity index (χ2n) is 5.67. The molecule has 21 heavy (non-hydrogen) atoms. The lowest BCUT2D eigenvalue weighted by molar-refractivity contribution is -0.137. The molecule has 1 amide bonds. The molecule has 0 spiro atoms. The number of carboxylic acids is 1. The summed E-state index contributed by atoms with van der Waals surface area (Å²) in [7, 11) is 0. The van der Waals surface area contributed by atoms with Crippen molar-refractivity contribution in [2.24, 2.45) is 0 Å². The van der Waals surface area contributed by atoms with Gasteiger partial charge in [0.25, 0.3) is 0 Å². The molecule has 1 aromatic rings. The number of hydrogen-bond donors (Lipinski definition) is 2. The lowest BCUT2D eigenvalue weighted by Gasteiger charge is -2.20. The Morgan fingerprint density at radius 1 is 1.38 bits per heavy atom. The summed E-state index contributed by atoms with van der Waals surface area (Å²) < 4.78 is 0.851. The minimum atomic E-state index is -0.941. The van der Waals surface area contributed by atoms with E-state index in [-0.39, 0.29) is 17.1 Å². The monoisotopic (exact) mass is 373 g/mol. The average Bonchev–Trinajstić information content (AvgIpc) is 2.34. The van der Waals surface area contributed by atoms with Crippen LogP contribution in [-0.2, 0) is 9.59 Å². The highest BCUT2D eigenvalue weighted by molar-refractivity contribution is 9.10. The van der Waals surface area contributed by atoms with E-state index < -0.39 is 12.0 Å². The van der Waals surface area contributed by atoms with Crippen LogP contribution in [0.15, 0.2) is 28.7 Å². The molecule has 2 N–H and O–H groups in total. The van der Waals surface area contributed by atoms with E-state index in [9.17, 15) is 9.59 Å². The standard InChI is InChI=1S/C15H20BrNO3S/c1-15(2,3)21-9-13(18)17-12(8-14(19)20)10-5-4-6-11(16)7-10/h4-7,12H,8-9H2,1-3H3,(H,17,18)(H,19,20). The van der Waals surface area contributed by atoms with E-state index in [1.807, 2.05) is 45.0 Å². The van der Waals surface area contributed by atoms with Crippen LogP contribution in [0.25, 0.3) is 0 Å². The average molecular weight is 374 g/mol. The van der Waals surface area contributed by atoms with Crippen molar-refractivity contribution >= 4 is 39.6 Å². The molecule has 0 aliphatic carbocycles. The summed E-state index contributed by atoms with van der Waals surface area (Å²) in [5, 5.41) is 11.8. The normalized spacial score (nSPS) is 12.8. The second-order valence-corrected chi connectivity index (χ2v) is 8.39. The Kier molecular flexibility index (Phi) is 6.74. The number of nitrogens with one attached hydrogen (secondary N) is 1. The Bertz CT molecular complexity index is 514. The van der Waals surface area contributed by atoms with Gasteiger partial charge in [-0.2, -0.15) is 0 Å². The molecule has 0 bridgehead atoms. The van der Waals surface area contributed by atoms with Crippen molar-refractivity contribution in [1.82, 2.24) is 5.32 Å². The van der Waals surface area contributed by atoms with E-state index in [1.165, 1.54) is 11.8 Å². The lowest BCUT2D eigenvalue weighted by Crippen LogP contribution is -2.32. The number of carbonyl (C=O) groups excluding carboxylic acids is 1. The molecule has 0 aliphatic heterocycles. The zero-order chi connectivity index (χ0) is 16.0. The minimum absolute atomic E-state index is 0.00455. The Hall–Kier alpha value is -1.01. The Balaban J connectivity index is 2.75. The van der Waals surface area contributed by atoms with Crippen molar-refractivity contribution in [1.29, 1.82) is 0 Å². The molecule has 116 valence electrons. The summed E-state index contributed by atoms with van der Waals surface area (Å²) in [5.74, 6) is -0.780. The van der Waals surface area contributed by atoms with Gasteiger partial charge in [0, 0.05) is 9.22 Å². The van der Waals surface area contributed by atoms with Gasteiger partial charge in [-0.3, -0.25) is 9.59 Å². The van der Waals surface area contributed by atoms with Gasteiger partial charge < -0.3 is 10.4 Å². The molecule has 1 unspecified atom stereocenters. The summed E-state index contributed by atoms with van der Waals surface area (Å²) in [6.45, 7) is 6.11. The van der Waals surface area contributed by atoms with Gasteiger partial charge in [-0.1, -0.05) is 48.8 Å². The van der Waals surface area contributed by atoms with E-state index in [4.69, 9.17) is 5.11 Å². The molecule has 0 aromatic heterocycles. The van der Waals surface area contributed by atoms with Gasteiger partial charge in [-0.25, -0.2) is 0 Å². The number of rotatable bonds is 6. The first kappa shape index (κ1) is 18.0. The molecule has 1 atom stereocenters. The first-order valence-corrected chi connectivity index (χ1v) is 8.36. The molecule has 1 aromatic carbocycles. The van der Waals surface area contributed by atoms with Crippen LogP contribution >= 0.6 is 27.7 Å². The fourth-order valence-electron chi connectivity index (χ4n) is 1.67. The van der Waals surface area contributed by atoms with Gasteiger partial charge in [0.1, 0.15) is 0 Å². The number of benzene rings is 1. The predicted molar refractivity (Wildman–Crippen MR) is 89.5 cm³/mol. The van der Waals surface area contributed by atoms with Crippen LogP contribution in [0.3, 0.4) is 0 Å². The molecular weight excluding hydrogens is 354 g/mol. The summed E-state index contributed by atoms with van der Waals surface area (Å²) in [6, 6.07) is 6.80. The molecule has 0 radical (unpaired) electrons. The van der Waals surface area contributed by atoms with E-state index in [0.29, 0.717) is 5.75 Å². The number of thioether (sulfide) groups is 1. The van der Waals surface area contributed by atoms with Gasteiger partial charge in [0.2, 0.25) is 5.91 Å². The summed E-state index contributed by atoms with van der Waals surface area (Å²) in [6.07, 6.45) is -0.137. The third kappa shape index (κ3) is 7.52. The molecule has 0 aliphatic rings. The van der Waals surface area contributed by atoms with E-state index in [1.54, 1.807) is 0 Å². The third-order valence-corrected chi connectivity index (χ3v) is 4.37.